The molecule has 0 rings (SSSR count). The Bertz CT molecular complexity index is 159. The van der Waals surface area contributed by atoms with Gasteiger partial charge in [0.05, 0.1) is 0 Å². The molecule has 0 amide bonds. The van der Waals surface area contributed by atoms with Crippen molar-refractivity contribution in [3.05, 3.63) is 0 Å². The molecular formula is C10H20O2S. The molecule has 0 aliphatic heterocycles. The molecule has 0 aromatic rings. The lowest BCUT2D eigenvalue weighted by Gasteiger charge is -2.21. The molecule has 0 aromatic heterocycles. The van der Waals surface area contributed by atoms with Crippen LogP contribution in [0.5, 0.6) is 0 Å². The highest BCUT2D eigenvalue weighted by Crippen LogP contribution is 2.26. The van der Waals surface area contributed by atoms with Crippen LogP contribution in [-0.2, 0) is 4.79 Å². The first-order valence-corrected chi connectivity index (χ1v) is 5.47. The fourth-order valence-electron chi connectivity index (χ4n) is 1.28. The molecule has 0 saturated heterocycles. The fraction of sp³-hybridized carbons (Fsp3) is 0.900. The predicted molar refractivity (Wildman–Crippen MR) is 58.4 cm³/mol. The molecule has 1 atom stereocenters. The molecule has 1 unspecified atom stereocenters. The van der Waals surface area contributed by atoms with Crippen LogP contribution in [0.25, 0.3) is 0 Å². The van der Waals surface area contributed by atoms with Crippen LogP contribution in [0.15, 0.2) is 0 Å². The maximum absolute atomic E-state index is 10.8. The van der Waals surface area contributed by atoms with Gasteiger partial charge in [-0.2, -0.15) is 12.6 Å². The van der Waals surface area contributed by atoms with Crippen LogP contribution in [-0.4, -0.2) is 15.8 Å². The average molecular weight is 204 g/mol. The number of hydrogen-bond acceptors (Lipinski definition) is 2. The van der Waals surface area contributed by atoms with Crippen molar-refractivity contribution in [1.82, 2.24) is 0 Å². The van der Waals surface area contributed by atoms with Gasteiger partial charge in [-0.05, 0) is 12.8 Å². The van der Waals surface area contributed by atoms with Crippen molar-refractivity contribution in [2.75, 3.05) is 0 Å². The molecule has 0 saturated carbocycles. The summed E-state index contributed by atoms with van der Waals surface area (Å²) in [6, 6.07) is 0. The highest BCUT2D eigenvalue weighted by atomic mass is 32.1. The summed E-state index contributed by atoms with van der Waals surface area (Å²) in [5, 5.41) is 8.91. The third kappa shape index (κ3) is 4.55. The zero-order valence-electron chi connectivity index (χ0n) is 8.55. The summed E-state index contributed by atoms with van der Waals surface area (Å²) >= 11 is 4.22. The van der Waals surface area contributed by atoms with Gasteiger partial charge in [0, 0.05) is 0 Å². The molecule has 0 fully saturated rings. The fourth-order valence-corrected chi connectivity index (χ4v) is 1.44. The van der Waals surface area contributed by atoms with Crippen molar-refractivity contribution in [1.29, 1.82) is 0 Å². The Labute approximate surface area is 86.1 Å². The van der Waals surface area contributed by atoms with Crippen LogP contribution >= 0.6 is 12.6 Å². The molecule has 3 heteroatoms. The lowest BCUT2D eigenvalue weighted by molar-refractivity contribution is -0.140. The summed E-state index contributed by atoms with van der Waals surface area (Å²) in [5.41, 5.74) is 0. The molecule has 2 nitrogen and oxygen atoms in total. The van der Waals surface area contributed by atoms with Crippen molar-refractivity contribution in [3.8, 4) is 0 Å². The van der Waals surface area contributed by atoms with Gasteiger partial charge in [0.25, 0.3) is 0 Å². The largest absolute Gasteiger partial charge is 0.480 e. The molecule has 78 valence electrons. The van der Waals surface area contributed by atoms with Gasteiger partial charge >= 0.3 is 5.97 Å². The van der Waals surface area contributed by atoms with E-state index in [1.165, 1.54) is 12.8 Å². The minimum absolute atomic E-state index is 0.595. The number of carboxylic acid groups (broad SMARTS) is 1. The Morgan fingerprint density at radius 2 is 1.92 bits per heavy atom. The second-order valence-corrected chi connectivity index (χ2v) is 4.36. The summed E-state index contributed by atoms with van der Waals surface area (Å²) in [6.07, 6.45) is 5.73. The third-order valence-corrected chi connectivity index (χ3v) is 3.16. The zero-order chi connectivity index (χ0) is 10.3. The third-order valence-electron chi connectivity index (χ3n) is 2.43. The molecule has 13 heavy (non-hydrogen) atoms. The molecular weight excluding hydrogens is 184 g/mol. The summed E-state index contributed by atoms with van der Waals surface area (Å²) in [6.45, 7) is 4.02. The monoisotopic (exact) mass is 204 g/mol. The average Bonchev–Trinajstić information content (AvgIpc) is 2.12. The molecule has 1 N–H and O–H groups in total. The topological polar surface area (TPSA) is 37.3 Å². The lowest BCUT2D eigenvalue weighted by atomic mass is 9.97. The minimum atomic E-state index is -0.798. The Morgan fingerprint density at radius 1 is 1.31 bits per heavy atom. The van der Waals surface area contributed by atoms with Gasteiger partial charge in [0.15, 0.2) is 0 Å². The van der Waals surface area contributed by atoms with Crippen molar-refractivity contribution in [2.24, 2.45) is 0 Å². The van der Waals surface area contributed by atoms with E-state index in [9.17, 15) is 4.79 Å². The summed E-state index contributed by atoms with van der Waals surface area (Å²) in [5.74, 6) is -0.783. The normalized spacial score (nSPS) is 15.3. The van der Waals surface area contributed by atoms with E-state index in [1.54, 1.807) is 0 Å². The first-order chi connectivity index (χ1) is 6.06. The number of rotatable bonds is 7. The smallest absolute Gasteiger partial charge is 0.319 e. The number of thiol groups is 1. The Morgan fingerprint density at radius 3 is 2.31 bits per heavy atom. The molecule has 0 aliphatic carbocycles. The van der Waals surface area contributed by atoms with Gasteiger partial charge in [-0.3, -0.25) is 4.79 Å². The highest BCUT2D eigenvalue weighted by molar-refractivity contribution is 7.82. The van der Waals surface area contributed by atoms with Gasteiger partial charge in [-0.25, -0.2) is 0 Å². The predicted octanol–water partition coefficient (Wildman–Crippen LogP) is 3.12. The van der Waals surface area contributed by atoms with E-state index in [0.29, 0.717) is 12.8 Å². The van der Waals surface area contributed by atoms with Crippen LogP contribution in [0.3, 0.4) is 0 Å². The van der Waals surface area contributed by atoms with Gasteiger partial charge in [-0.1, -0.05) is 39.5 Å². The van der Waals surface area contributed by atoms with Gasteiger partial charge in [-0.15, -0.1) is 0 Å². The van der Waals surface area contributed by atoms with Crippen LogP contribution in [0.1, 0.15) is 52.4 Å². The van der Waals surface area contributed by atoms with E-state index >= 15 is 0 Å². The Hall–Kier alpha value is -0.180. The first-order valence-electron chi connectivity index (χ1n) is 5.02. The second kappa shape index (κ2) is 6.30. The Balaban J connectivity index is 3.78. The van der Waals surface area contributed by atoms with Crippen LogP contribution in [0, 0.1) is 0 Å². The number of carboxylic acids is 1. The molecule has 0 aromatic carbocycles. The maximum atomic E-state index is 10.8. The molecule has 0 spiro atoms. The van der Waals surface area contributed by atoms with Crippen molar-refractivity contribution >= 4 is 18.6 Å². The van der Waals surface area contributed by atoms with Crippen LogP contribution in [0.2, 0.25) is 0 Å². The quantitative estimate of drug-likeness (QED) is 0.494. The number of aliphatic carboxylic acids is 1. The van der Waals surface area contributed by atoms with E-state index in [2.05, 4.69) is 19.6 Å². The zero-order valence-corrected chi connectivity index (χ0v) is 9.44. The van der Waals surface area contributed by atoms with E-state index in [1.807, 2.05) is 6.92 Å². The van der Waals surface area contributed by atoms with E-state index in [0.717, 1.165) is 12.8 Å². The second-order valence-electron chi connectivity index (χ2n) is 3.50. The van der Waals surface area contributed by atoms with E-state index in [4.69, 9.17) is 5.11 Å². The first kappa shape index (κ1) is 12.8. The van der Waals surface area contributed by atoms with Gasteiger partial charge in [0.2, 0.25) is 0 Å². The van der Waals surface area contributed by atoms with Crippen molar-refractivity contribution in [3.63, 3.8) is 0 Å². The van der Waals surface area contributed by atoms with Gasteiger partial charge < -0.3 is 5.11 Å². The summed E-state index contributed by atoms with van der Waals surface area (Å²) in [4.78, 5) is 10.8. The van der Waals surface area contributed by atoms with Crippen molar-refractivity contribution < 1.29 is 9.90 Å². The van der Waals surface area contributed by atoms with E-state index in [-0.39, 0.29) is 0 Å². The van der Waals surface area contributed by atoms with Gasteiger partial charge in [0.1, 0.15) is 4.75 Å². The van der Waals surface area contributed by atoms with Crippen LogP contribution < -0.4 is 0 Å². The number of hydrogen-bond donors (Lipinski definition) is 2. The summed E-state index contributed by atoms with van der Waals surface area (Å²) in [7, 11) is 0. The number of carbonyl (C=O) groups is 1. The van der Waals surface area contributed by atoms with Crippen LogP contribution in [0.4, 0.5) is 0 Å². The Kier molecular flexibility index (Phi) is 6.21. The summed E-state index contributed by atoms with van der Waals surface area (Å²) < 4.78 is -0.798. The standard InChI is InChI=1S/C10H20O2S/c1-3-5-6-7-8-10(13,4-2)9(11)12/h13H,3-8H2,1-2H3,(H,11,12). The molecule has 0 bridgehead atoms. The lowest BCUT2D eigenvalue weighted by Crippen LogP contribution is -2.31. The van der Waals surface area contributed by atoms with Crippen molar-refractivity contribution in [2.45, 2.75) is 57.1 Å². The highest BCUT2D eigenvalue weighted by Gasteiger charge is 2.31. The SMILES string of the molecule is CCCCCCC(S)(CC)C(=O)O. The molecule has 0 radical (unpaired) electrons. The number of unbranched alkanes of at least 4 members (excludes halogenated alkanes) is 3. The minimum Gasteiger partial charge on any atom is -0.480 e. The van der Waals surface area contributed by atoms with E-state index < -0.39 is 10.7 Å². The molecule has 0 heterocycles. The maximum Gasteiger partial charge on any atom is 0.319 e. The molecule has 0 aliphatic rings.